The van der Waals surface area contributed by atoms with Gasteiger partial charge in [-0.15, -0.1) is 0 Å². The molecule has 0 heterocycles. The van der Waals surface area contributed by atoms with Crippen LogP contribution in [0.3, 0.4) is 0 Å². The third kappa shape index (κ3) is 7.08. The normalized spacial score (nSPS) is 13.6. The highest BCUT2D eigenvalue weighted by molar-refractivity contribution is 5.13. The van der Waals surface area contributed by atoms with E-state index in [0.717, 1.165) is 5.56 Å². The lowest BCUT2D eigenvalue weighted by Gasteiger charge is -2.20. The van der Waals surface area contributed by atoms with Crippen LogP contribution in [0.1, 0.15) is 32.3 Å². The summed E-state index contributed by atoms with van der Waals surface area (Å²) in [6.45, 7) is 4.65. The van der Waals surface area contributed by atoms with E-state index in [1.54, 1.807) is 0 Å². The Kier molecular flexibility index (Phi) is 5.59. The third-order valence-corrected chi connectivity index (χ3v) is 2.43. The van der Waals surface area contributed by atoms with Crippen molar-refractivity contribution in [3.63, 3.8) is 0 Å². The van der Waals surface area contributed by atoms with E-state index >= 15 is 0 Å². The van der Waals surface area contributed by atoms with Gasteiger partial charge in [0.1, 0.15) is 6.17 Å². The van der Waals surface area contributed by atoms with Crippen LogP contribution < -0.4 is 5.73 Å². The van der Waals surface area contributed by atoms with Crippen LogP contribution in [-0.4, -0.2) is 18.3 Å². The molecule has 0 aromatic heterocycles. The highest BCUT2D eigenvalue weighted by Gasteiger charge is 2.18. The summed E-state index contributed by atoms with van der Waals surface area (Å²) >= 11 is 0. The van der Waals surface area contributed by atoms with E-state index in [9.17, 15) is 4.39 Å². The van der Waals surface area contributed by atoms with Crippen molar-refractivity contribution in [1.29, 1.82) is 0 Å². The van der Waals surface area contributed by atoms with E-state index in [-0.39, 0.29) is 0 Å². The molecule has 2 nitrogen and oxygen atoms in total. The van der Waals surface area contributed by atoms with Crippen molar-refractivity contribution in [1.82, 2.24) is 0 Å². The highest BCUT2D eigenvalue weighted by Crippen LogP contribution is 2.14. The predicted molar refractivity (Wildman–Crippen MR) is 68.5 cm³/mol. The molecule has 0 aliphatic carbocycles. The summed E-state index contributed by atoms with van der Waals surface area (Å²) in [5.41, 5.74) is 6.42. The topological polar surface area (TPSA) is 35.2 Å². The molecule has 0 bridgehead atoms. The molecule has 0 amide bonds. The second-order valence-corrected chi connectivity index (χ2v) is 5.12. The lowest BCUT2D eigenvalue weighted by molar-refractivity contribution is 0.0939. The van der Waals surface area contributed by atoms with Gasteiger partial charge in [-0.05, 0) is 25.8 Å². The first-order valence-electron chi connectivity index (χ1n) is 6.02. The minimum absolute atomic E-state index is 0.377. The van der Waals surface area contributed by atoms with Gasteiger partial charge < -0.3 is 10.5 Å². The molecular formula is C14H22FNO. The Morgan fingerprint density at radius 3 is 2.53 bits per heavy atom. The summed E-state index contributed by atoms with van der Waals surface area (Å²) in [5, 5.41) is 0. The number of halogens is 1. The number of hydrogen-bond acceptors (Lipinski definition) is 2. The number of nitrogens with two attached hydrogens (primary N) is 1. The van der Waals surface area contributed by atoms with Crippen molar-refractivity contribution in [2.75, 3.05) is 6.61 Å². The number of rotatable bonds is 7. The van der Waals surface area contributed by atoms with Crippen LogP contribution in [0.15, 0.2) is 30.3 Å². The van der Waals surface area contributed by atoms with Crippen LogP contribution in [-0.2, 0) is 11.3 Å². The van der Waals surface area contributed by atoms with Crippen molar-refractivity contribution in [2.24, 2.45) is 5.73 Å². The van der Waals surface area contributed by atoms with Gasteiger partial charge in [-0.2, -0.15) is 0 Å². The van der Waals surface area contributed by atoms with Crippen molar-refractivity contribution >= 4 is 0 Å². The molecule has 0 radical (unpaired) electrons. The molecule has 96 valence electrons. The first kappa shape index (κ1) is 14.1. The van der Waals surface area contributed by atoms with E-state index < -0.39 is 11.7 Å². The van der Waals surface area contributed by atoms with Gasteiger partial charge in [0, 0.05) is 18.6 Å². The molecule has 1 atom stereocenters. The van der Waals surface area contributed by atoms with Gasteiger partial charge in [-0.1, -0.05) is 30.3 Å². The maximum Gasteiger partial charge on any atom is 0.104 e. The van der Waals surface area contributed by atoms with Crippen molar-refractivity contribution in [2.45, 2.75) is 45.0 Å². The summed E-state index contributed by atoms with van der Waals surface area (Å²) in [6.07, 6.45) is -0.0967. The average Bonchev–Trinajstić information content (AvgIpc) is 2.23. The SMILES string of the molecule is CC(C)(N)CC(F)CCOCc1ccccc1. The molecule has 0 fully saturated rings. The molecule has 0 spiro atoms. The molecule has 1 rings (SSSR count). The second kappa shape index (κ2) is 6.72. The number of benzene rings is 1. The van der Waals surface area contributed by atoms with E-state index in [4.69, 9.17) is 10.5 Å². The molecule has 2 N–H and O–H groups in total. The summed E-state index contributed by atoms with van der Waals surface area (Å²) in [7, 11) is 0. The Labute approximate surface area is 103 Å². The Balaban J connectivity index is 2.12. The molecular weight excluding hydrogens is 217 g/mol. The molecule has 1 aromatic carbocycles. The minimum Gasteiger partial charge on any atom is -0.377 e. The molecule has 17 heavy (non-hydrogen) atoms. The van der Waals surface area contributed by atoms with Crippen molar-refractivity contribution < 1.29 is 9.13 Å². The summed E-state index contributed by atoms with van der Waals surface area (Å²) in [4.78, 5) is 0. The van der Waals surface area contributed by atoms with E-state index in [2.05, 4.69) is 0 Å². The van der Waals surface area contributed by atoms with Gasteiger partial charge in [0.15, 0.2) is 0 Å². The fourth-order valence-corrected chi connectivity index (χ4v) is 1.65. The minimum atomic E-state index is -0.884. The average molecular weight is 239 g/mol. The molecule has 3 heteroatoms. The van der Waals surface area contributed by atoms with Gasteiger partial charge in [-0.3, -0.25) is 0 Å². The molecule has 0 saturated heterocycles. The second-order valence-electron chi connectivity index (χ2n) is 5.12. The zero-order chi connectivity index (χ0) is 12.7. The smallest absolute Gasteiger partial charge is 0.104 e. The first-order valence-corrected chi connectivity index (χ1v) is 6.02. The lowest BCUT2D eigenvalue weighted by Crippen LogP contribution is -2.35. The maximum atomic E-state index is 13.5. The fourth-order valence-electron chi connectivity index (χ4n) is 1.65. The molecule has 0 saturated carbocycles. The molecule has 1 unspecified atom stereocenters. The zero-order valence-corrected chi connectivity index (χ0v) is 10.7. The zero-order valence-electron chi connectivity index (χ0n) is 10.7. The Hall–Kier alpha value is -0.930. The lowest BCUT2D eigenvalue weighted by atomic mass is 9.98. The maximum absolute atomic E-state index is 13.5. The van der Waals surface area contributed by atoms with Crippen molar-refractivity contribution in [3.8, 4) is 0 Å². The summed E-state index contributed by atoms with van der Waals surface area (Å²) in [5.74, 6) is 0. The number of hydrogen-bond donors (Lipinski definition) is 1. The highest BCUT2D eigenvalue weighted by atomic mass is 19.1. The quantitative estimate of drug-likeness (QED) is 0.742. The standard InChI is InChI=1S/C14H22FNO/c1-14(2,16)10-13(15)8-9-17-11-12-6-4-3-5-7-12/h3-7,13H,8-11,16H2,1-2H3. The Morgan fingerprint density at radius 1 is 1.29 bits per heavy atom. The van der Waals surface area contributed by atoms with Gasteiger partial charge in [-0.25, -0.2) is 4.39 Å². The van der Waals surface area contributed by atoms with E-state index in [1.165, 1.54) is 0 Å². The molecule has 0 aliphatic rings. The largest absolute Gasteiger partial charge is 0.377 e. The van der Waals surface area contributed by atoms with Crippen LogP contribution >= 0.6 is 0 Å². The van der Waals surface area contributed by atoms with Crippen LogP contribution in [0.25, 0.3) is 0 Å². The monoisotopic (exact) mass is 239 g/mol. The predicted octanol–water partition coefficient (Wildman–Crippen LogP) is 3.06. The van der Waals surface area contributed by atoms with Crippen LogP contribution in [0.5, 0.6) is 0 Å². The molecule has 0 aliphatic heterocycles. The summed E-state index contributed by atoms with van der Waals surface area (Å²) < 4.78 is 18.9. The van der Waals surface area contributed by atoms with Gasteiger partial charge >= 0.3 is 0 Å². The Morgan fingerprint density at radius 2 is 1.94 bits per heavy atom. The van der Waals surface area contributed by atoms with Gasteiger partial charge in [0.2, 0.25) is 0 Å². The molecule has 1 aromatic rings. The van der Waals surface area contributed by atoms with Crippen LogP contribution in [0.4, 0.5) is 4.39 Å². The van der Waals surface area contributed by atoms with Crippen LogP contribution in [0, 0.1) is 0 Å². The summed E-state index contributed by atoms with van der Waals surface area (Å²) in [6, 6.07) is 9.89. The van der Waals surface area contributed by atoms with Gasteiger partial charge in [0.25, 0.3) is 0 Å². The van der Waals surface area contributed by atoms with E-state index in [1.807, 2.05) is 44.2 Å². The van der Waals surface area contributed by atoms with E-state index in [0.29, 0.717) is 26.1 Å². The third-order valence-electron chi connectivity index (χ3n) is 2.43. The number of ether oxygens (including phenoxy) is 1. The van der Waals surface area contributed by atoms with Crippen molar-refractivity contribution in [3.05, 3.63) is 35.9 Å². The Bertz CT molecular complexity index is 308. The number of alkyl halides is 1. The fraction of sp³-hybridized carbons (Fsp3) is 0.571. The first-order chi connectivity index (χ1) is 7.97. The van der Waals surface area contributed by atoms with Crippen LogP contribution in [0.2, 0.25) is 0 Å². The van der Waals surface area contributed by atoms with Gasteiger partial charge in [0.05, 0.1) is 6.61 Å².